The standard InChI is InChI=1S/C21H22FN3OS/c1-15-10-16(2)12-18(11-15)25-9-8-23-21(25)27-14-20(26)24(3)13-17-6-4-5-7-19(17)22/h4-12H,13-14H2,1-3H3. The molecule has 3 rings (SSSR count). The van der Waals surface area contributed by atoms with Crippen LogP contribution in [-0.2, 0) is 11.3 Å². The molecule has 1 aromatic heterocycles. The van der Waals surface area contributed by atoms with Crippen LogP contribution in [0, 0.1) is 19.7 Å². The second kappa shape index (κ2) is 8.39. The summed E-state index contributed by atoms with van der Waals surface area (Å²) in [4.78, 5) is 18.4. The molecule has 27 heavy (non-hydrogen) atoms. The van der Waals surface area contributed by atoms with E-state index in [-0.39, 0.29) is 24.0 Å². The van der Waals surface area contributed by atoms with E-state index in [1.54, 1.807) is 31.4 Å². The van der Waals surface area contributed by atoms with E-state index < -0.39 is 0 Å². The van der Waals surface area contributed by atoms with Crippen molar-refractivity contribution in [2.45, 2.75) is 25.5 Å². The maximum absolute atomic E-state index is 13.8. The minimum atomic E-state index is -0.296. The maximum atomic E-state index is 13.8. The van der Waals surface area contributed by atoms with Crippen molar-refractivity contribution >= 4 is 17.7 Å². The lowest BCUT2D eigenvalue weighted by molar-refractivity contribution is -0.127. The molecule has 0 saturated carbocycles. The molecule has 3 aromatic rings. The van der Waals surface area contributed by atoms with Crippen molar-refractivity contribution in [3.63, 3.8) is 0 Å². The Balaban J connectivity index is 1.66. The highest BCUT2D eigenvalue weighted by molar-refractivity contribution is 7.99. The monoisotopic (exact) mass is 383 g/mol. The fourth-order valence-corrected chi connectivity index (χ4v) is 3.80. The van der Waals surface area contributed by atoms with Gasteiger partial charge in [0.2, 0.25) is 5.91 Å². The lowest BCUT2D eigenvalue weighted by Crippen LogP contribution is -2.28. The predicted octanol–water partition coefficient (Wildman–Crippen LogP) is 4.38. The number of amides is 1. The molecular formula is C21H22FN3OS. The van der Waals surface area contributed by atoms with Crippen molar-refractivity contribution in [3.05, 3.63) is 77.4 Å². The van der Waals surface area contributed by atoms with Crippen molar-refractivity contribution in [1.29, 1.82) is 0 Å². The van der Waals surface area contributed by atoms with Crippen LogP contribution in [0.15, 0.2) is 60.0 Å². The van der Waals surface area contributed by atoms with Gasteiger partial charge in [0, 0.05) is 37.2 Å². The van der Waals surface area contributed by atoms with Crippen molar-refractivity contribution in [2.24, 2.45) is 0 Å². The molecule has 0 fully saturated rings. The lowest BCUT2D eigenvalue weighted by Gasteiger charge is -2.17. The summed E-state index contributed by atoms with van der Waals surface area (Å²) in [6.45, 7) is 4.36. The van der Waals surface area contributed by atoms with Gasteiger partial charge in [-0.25, -0.2) is 9.37 Å². The zero-order valence-electron chi connectivity index (χ0n) is 15.6. The van der Waals surface area contributed by atoms with Crippen LogP contribution in [0.2, 0.25) is 0 Å². The summed E-state index contributed by atoms with van der Waals surface area (Å²) in [6.07, 6.45) is 3.62. The Kier molecular flexibility index (Phi) is 5.96. The Labute approximate surface area is 163 Å². The fraction of sp³-hybridized carbons (Fsp3) is 0.238. The van der Waals surface area contributed by atoms with E-state index >= 15 is 0 Å². The van der Waals surface area contributed by atoms with E-state index in [9.17, 15) is 9.18 Å². The van der Waals surface area contributed by atoms with E-state index in [4.69, 9.17) is 0 Å². The molecule has 0 spiro atoms. The molecule has 0 aliphatic heterocycles. The van der Waals surface area contributed by atoms with Crippen molar-refractivity contribution in [2.75, 3.05) is 12.8 Å². The van der Waals surface area contributed by atoms with Crippen LogP contribution in [0.5, 0.6) is 0 Å². The fourth-order valence-electron chi connectivity index (χ4n) is 2.89. The van der Waals surface area contributed by atoms with Gasteiger partial charge in [-0.3, -0.25) is 9.36 Å². The number of aryl methyl sites for hydroxylation is 2. The molecule has 2 aromatic carbocycles. The largest absolute Gasteiger partial charge is 0.341 e. The number of halogens is 1. The summed E-state index contributed by atoms with van der Waals surface area (Å²) in [5, 5.41) is 0.757. The third kappa shape index (κ3) is 4.77. The highest BCUT2D eigenvalue weighted by Gasteiger charge is 2.14. The maximum Gasteiger partial charge on any atom is 0.233 e. The molecule has 4 nitrogen and oxygen atoms in total. The second-order valence-corrected chi connectivity index (χ2v) is 7.50. The van der Waals surface area contributed by atoms with Gasteiger partial charge in [-0.15, -0.1) is 0 Å². The summed E-state index contributed by atoms with van der Waals surface area (Å²) in [5.41, 5.74) is 3.89. The van der Waals surface area contributed by atoms with Crippen LogP contribution >= 0.6 is 11.8 Å². The highest BCUT2D eigenvalue weighted by atomic mass is 32.2. The number of imidazole rings is 1. The summed E-state index contributed by atoms with van der Waals surface area (Å²) in [6, 6.07) is 12.8. The smallest absolute Gasteiger partial charge is 0.233 e. The molecule has 1 heterocycles. The second-order valence-electron chi connectivity index (χ2n) is 6.56. The summed E-state index contributed by atoms with van der Waals surface area (Å²) in [7, 11) is 1.69. The van der Waals surface area contributed by atoms with E-state index in [1.165, 1.54) is 33.9 Å². The van der Waals surface area contributed by atoms with Gasteiger partial charge in [0.15, 0.2) is 5.16 Å². The molecule has 6 heteroatoms. The van der Waals surface area contributed by atoms with Gasteiger partial charge in [-0.05, 0) is 43.2 Å². The molecule has 140 valence electrons. The predicted molar refractivity (Wildman–Crippen MR) is 107 cm³/mol. The Bertz CT molecular complexity index is 934. The zero-order chi connectivity index (χ0) is 19.4. The van der Waals surface area contributed by atoms with Crippen LogP contribution in [-0.4, -0.2) is 33.2 Å². The average molecular weight is 383 g/mol. The Morgan fingerprint density at radius 1 is 1.19 bits per heavy atom. The Morgan fingerprint density at radius 2 is 1.89 bits per heavy atom. The van der Waals surface area contributed by atoms with Crippen molar-refractivity contribution in [1.82, 2.24) is 14.5 Å². The van der Waals surface area contributed by atoms with Crippen LogP contribution in [0.1, 0.15) is 16.7 Å². The minimum absolute atomic E-state index is 0.0711. The van der Waals surface area contributed by atoms with E-state index in [2.05, 4.69) is 37.0 Å². The molecule has 0 radical (unpaired) electrons. The van der Waals surface area contributed by atoms with Gasteiger partial charge in [0.1, 0.15) is 5.82 Å². The highest BCUT2D eigenvalue weighted by Crippen LogP contribution is 2.22. The first kappa shape index (κ1) is 19.2. The zero-order valence-corrected chi connectivity index (χ0v) is 16.5. The van der Waals surface area contributed by atoms with Gasteiger partial charge in [-0.1, -0.05) is 36.0 Å². The van der Waals surface area contributed by atoms with Crippen molar-refractivity contribution in [3.8, 4) is 5.69 Å². The molecule has 0 atom stereocenters. The average Bonchev–Trinajstić information content (AvgIpc) is 3.09. The van der Waals surface area contributed by atoms with Gasteiger partial charge in [-0.2, -0.15) is 0 Å². The number of rotatable bonds is 6. The first-order valence-electron chi connectivity index (χ1n) is 8.66. The van der Waals surface area contributed by atoms with Gasteiger partial charge >= 0.3 is 0 Å². The molecule has 1 amide bonds. The number of carbonyl (C=O) groups is 1. The van der Waals surface area contributed by atoms with Crippen LogP contribution < -0.4 is 0 Å². The Hall–Kier alpha value is -2.60. The first-order chi connectivity index (χ1) is 12.9. The molecule has 0 saturated heterocycles. The van der Waals surface area contributed by atoms with Crippen molar-refractivity contribution < 1.29 is 9.18 Å². The number of hydrogen-bond acceptors (Lipinski definition) is 3. The first-order valence-corrected chi connectivity index (χ1v) is 9.65. The summed E-state index contributed by atoms with van der Waals surface area (Å²) in [5.74, 6) is -0.124. The molecule has 0 unspecified atom stereocenters. The van der Waals surface area contributed by atoms with E-state index in [0.29, 0.717) is 5.56 Å². The third-order valence-electron chi connectivity index (χ3n) is 4.21. The molecule has 0 aliphatic carbocycles. The summed E-state index contributed by atoms with van der Waals surface area (Å²) >= 11 is 1.38. The normalized spacial score (nSPS) is 10.8. The summed E-state index contributed by atoms with van der Waals surface area (Å²) < 4.78 is 15.8. The lowest BCUT2D eigenvalue weighted by atomic mass is 10.1. The van der Waals surface area contributed by atoms with Crippen LogP contribution in [0.3, 0.4) is 0 Å². The number of benzene rings is 2. The minimum Gasteiger partial charge on any atom is -0.341 e. The number of carbonyl (C=O) groups excluding carboxylic acids is 1. The number of aromatic nitrogens is 2. The third-order valence-corrected chi connectivity index (χ3v) is 5.16. The van der Waals surface area contributed by atoms with Crippen LogP contribution in [0.25, 0.3) is 5.69 Å². The van der Waals surface area contributed by atoms with Gasteiger partial charge in [0.05, 0.1) is 5.75 Å². The number of thioether (sulfide) groups is 1. The van der Waals surface area contributed by atoms with Crippen LogP contribution in [0.4, 0.5) is 4.39 Å². The molecule has 0 aliphatic rings. The van der Waals surface area contributed by atoms with E-state index in [1.807, 2.05) is 10.8 Å². The molecule has 0 bridgehead atoms. The SMILES string of the molecule is Cc1cc(C)cc(-n2ccnc2SCC(=O)N(C)Cc2ccccc2F)c1. The van der Waals surface area contributed by atoms with E-state index in [0.717, 1.165) is 10.8 Å². The number of hydrogen-bond donors (Lipinski definition) is 0. The molecular weight excluding hydrogens is 361 g/mol. The van der Waals surface area contributed by atoms with Gasteiger partial charge in [0.25, 0.3) is 0 Å². The van der Waals surface area contributed by atoms with Gasteiger partial charge < -0.3 is 4.90 Å². The quantitative estimate of drug-likeness (QED) is 0.593. The number of nitrogens with zero attached hydrogens (tertiary/aromatic N) is 3. The molecule has 0 N–H and O–H groups in total. The topological polar surface area (TPSA) is 38.1 Å². The Morgan fingerprint density at radius 3 is 2.59 bits per heavy atom.